The van der Waals surface area contributed by atoms with E-state index in [1.807, 2.05) is 49.4 Å². The maximum Gasteiger partial charge on any atom is 0.216 e. The van der Waals surface area contributed by atoms with Crippen molar-refractivity contribution in [2.45, 2.75) is 19.2 Å². The predicted molar refractivity (Wildman–Crippen MR) is 92.6 cm³/mol. The summed E-state index contributed by atoms with van der Waals surface area (Å²) in [5.41, 5.74) is 3.32. The number of rotatable bonds is 6. The van der Waals surface area contributed by atoms with E-state index in [0.717, 1.165) is 16.7 Å². The van der Waals surface area contributed by atoms with Gasteiger partial charge in [0.2, 0.25) is 10.0 Å². The Bertz CT molecular complexity index is 902. The minimum absolute atomic E-state index is 0.0351. The topological polar surface area (TPSA) is 72.2 Å². The number of pyridine rings is 1. The molecule has 0 aliphatic heterocycles. The lowest BCUT2D eigenvalue weighted by Gasteiger charge is -2.08. The van der Waals surface area contributed by atoms with Crippen LogP contribution in [0.15, 0.2) is 65.4 Å². The number of hydrogen-bond acceptors (Lipinski definition) is 4. The van der Waals surface area contributed by atoms with Gasteiger partial charge in [0.15, 0.2) is 5.76 Å². The minimum Gasteiger partial charge on any atom is -0.463 e. The molecule has 0 atom stereocenters. The van der Waals surface area contributed by atoms with Crippen LogP contribution < -0.4 is 4.72 Å². The van der Waals surface area contributed by atoms with Crippen LogP contribution in [0.25, 0.3) is 11.5 Å². The number of furan rings is 1. The summed E-state index contributed by atoms with van der Waals surface area (Å²) in [7, 11) is -3.40. The molecular weight excluding hydrogens is 324 g/mol. The molecular formula is C18H18N2O3S. The molecule has 0 aliphatic carbocycles. The minimum atomic E-state index is -3.40. The maximum atomic E-state index is 12.2. The SMILES string of the molecule is Cc1cccc(CS(=O)(=O)NCc2ccc(-c3ccco3)nc2)c1. The monoisotopic (exact) mass is 342 g/mol. The summed E-state index contributed by atoms with van der Waals surface area (Å²) in [5, 5.41) is 0. The number of benzene rings is 1. The second kappa shape index (κ2) is 6.98. The number of nitrogens with zero attached hydrogens (tertiary/aromatic N) is 1. The van der Waals surface area contributed by atoms with Crippen molar-refractivity contribution in [3.8, 4) is 11.5 Å². The molecule has 0 spiro atoms. The Labute approximate surface area is 141 Å². The molecule has 0 unspecified atom stereocenters. The quantitative estimate of drug-likeness (QED) is 0.746. The summed E-state index contributed by atoms with van der Waals surface area (Å²) < 4.78 is 32.3. The average Bonchev–Trinajstić information content (AvgIpc) is 3.08. The van der Waals surface area contributed by atoms with Crippen LogP contribution in [0.1, 0.15) is 16.7 Å². The van der Waals surface area contributed by atoms with E-state index in [4.69, 9.17) is 4.42 Å². The molecule has 0 saturated carbocycles. The zero-order valence-electron chi connectivity index (χ0n) is 13.3. The van der Waals surface area contributed by atoms with Crippen LogP contribution in [0.4, 0.5) is 0 Å². The second-order valence-electron chi connectivity index (χ2n) is 5.60. The molecule has 3 rings (SSSR count). The molecule has 6 heteroatoms. The third-order valence-corrected chi connectivity index (χ3v) is 4.83. The Morgan fingerprint density at radius 1 is 1.08 bits per heavy atom. The Balaban J connectivity index is 1.62. The number of hydrogen-bond donors (Lipinski definition) is 1. The van der Waals surface area contributed by atoms with Gasteiger partial charge in [0.25, 0.3) is 0 Å². The Hall–Kier alpha value is -2.44. The van der Waals surface area contributed by atoms with Crippen molar-refractivity contribution in [2.24, 2.45) is 0 Å². The van der Waals surface area contributed by atoms with E-state index in [1.54, 1.807) is 18.5 Å². The van der Waals surface area contributed by atoms with Gasteiger partial charge < -0.3 is 4.42 Å². The van der Waals surface area contributed by atoms with Gasteiger partial charge in [0, 0.05) is 12.7 Å². The number of aromatic nitrogens is 1. The smallest absolute Gasteiger partial charge is 0.216 e. The Kier molecular flexibility index (Phi) is 4.78. The van der Waals surface area contributed by atoms with E-state index < -0.39 is 10.0 Å². The lowest BCUT2D eigenvalue weighted by Crippen LogP contribution is -2.24. The van der Waals surface area contributed by atoms with Crippen LogP contribution in [0.2, 0.25) is 0 Å². The van der Waals surface area contributed by atoms with Gasteiger partial charge in [0.05, 0.1) is 12.0 Å². The van der Waals surface area contributed by atoms with E-state index >= 15 is 0 Å². The van der Waals surface area contributed by atoms with Crippen molar-refractivity contribution in [1.29, 1.82) is 0 Å². The van der Waals surface area contributed by atoms with Gasteiger partial charge in [-0.3, -0.25) is 4.98 Å². The van der Waals surface area contributed by atoms with Crippen LogP contribution in [0.3, 0.4) is 0 Å². The number of aryl methyl sites for hydroxylation is 1. The van der Waals surface area contributed by atoms with Crippen LogP contribution >= 0.6 is 0 Å². The summed E-state index contributed by atoms with van der Waals surface area (Å²) in [6.45, 7) is 2.15. The first-order valence-corrected chi connectivity index (χ1v) is 9.19. The molecule has 1 aromatic carbocycles. The highest BCUT2D eigenvalue weighted by atomic mass is 32.2. The second-order valence-corrected chi connectivity index (χ2v) is 7.41. The summed E-state index contributed by atoms with van der Waals surface area (Å²) in [6.07, 6.45) is 3.23. The molecule has 24 heavy (non-hydrogen) atoms. The van der Waals surface area contributed by atoms with Gasteiger partial charge in [-0.05, 0) is 36.2 Å². The zero-order chi connectivity index (χ0) is 17.0. The highest BCUT2D eigenvalue weighted by molar-refractivity contribution is 7.88. The summed E-state index contributed by atoms with van der Waals surface area (Å²) in [5.74, 6) is 0.647. The molecule has 0 fully saturated rings. The average molecular weight is 342 g/mol. The molecule has 0 bridgehead atoms. The van der Waals surface area contributed by atoms with Crippen molar-refractivity contribution in [2.75, 3.05) is 0 Å². The van der Waals surface area contributed by atoms with Crippen LogP contribution in [0.5, 0.6) is 0 Å². The van der Waals surface area contributed by atoms with Gasteiger partial charge in [-0.15, -0.1) is 0 Å². The molecule has 0 radical (unpaired) electrons. The first-order valence-electron chi connectivity index (χ1n) is 7.53. The van der Waals surface area contributed by atoms with E-state index in [9.17, 15) is 8.42 Å². The third kappa shape index (κ3) is 4.31. The van der Waals surface area contributed by atoms with Crippen molar-refractivity contribution in [3.05, 3.63) is 77.7 Å². The molecule has 0 saturated heterocycles. The molecule has 124 valence electrons. The summed E-state index contributed by atoms with van der Waals surface area (Å²) in [6, 6.07) is 14.7. The largest absolute Gasteiger partial charge is 0.463 e. The molecule has 0 aliphatic rings. The lowest BCUT2D eigenvalue weighted by atomic mass is 10.2. The Morgan fingerprint density at radius 3 is 2.62 bits per heavy atom. The van der Waals surface area contributed by atoms with Crippen LogP contribution in [-0.4, -0.2) is 13.4 Å². The van der Waals surface area contributed by atoms with E-state index in [0.29, 0.717) is 11.5 Å². The lowest BCUT2D eigenvalue weighted by molar-refractivity contribution is 0.578. The van der Waals surface area contributed by atoms with E-state index in [2.05, 4.69) is 9.71 Å². The summed E-state index contributed by atoms with van der Waals surface area (Å²) >= 11 is 0. The molecule has 5 nitrogen and oxygen atoms in total. The highest BCUT2D eigenvalue weighted by Gasteiger charge is 2.12. The van der Waals surface area contributed by atoms with Crippen molar-refractivity contribution in [1.82, 2.24) is 9.71 Å². The van der Waals surface area contributed by atoms with Gasteiger partial charge in [0.1, 0.15) is 5.69 Å². The number of nitrogens with one attached hydrogen (secondary N) is 1. The van der Waals surface area contributed by atoms with Crippen molar-refractivity contribution < 1.29 is 12.8 Å². The first kappa shape index (κ1) is 16.4. The van der Waals surface area contributed by atoms with Gasteiger partial charge in [-0.2, -0.15) is 0 Å². The third-order valence-electron chi connectivity index (χ3n) is 3.53. The van der Waals surface area contributed by atoms with Gasteiger partial charge in [-0.25, -0.2) is 13.1 Å². The van der Waals surface area contributed by atoms with E-state index in [-0.39, 0.29) is 12.3 Å². The Morgan fingerprint density at radius 2 is 1.96 bits per heavy atom. The van der Waals surface area contributed by atoms with Crippen molar-refractivity contribution >= 4 is 10.0 Å². The fourth-order valence-corrected chi connectivity index (χ4v) is 3.47. The van der Waals surface area contributed by atoms with Crippen LogP contribution in [0, 0.1) is 6.92 Å². The number of sulfonamides is 1. The molecule has 1 N–H and O–H groups in total. The van der Waals surface area contributed by atoms with Gasteiger partial charge >= 0.3 is 0 Å². The molecule has 3 aromatic rings. The van der Waals surface area contributed by atoms with Crippen molar-refractivity contribution in [3.63, 3.8) is 0 Å². The predicted octanol–water partition coefficient (Wildman–Crippen LogP) is 3.27. The molecule has 2 heterocycles. The van der Waals surface area contributed by atoms with Gasteiger partial charge in [-0.1, -0.05) is 35.9 Å². The molecule has 0 amide bonds. The zero-order valence-corrected chi connectivity index (χ0v) is 14.1. The molecule has 2 aromatic heterocycles. The first-order chi connectivity index (χ1) is 11.5. The maximum absolute atomic E-state index is 12.2. The highest BCUT2D eigenvalue weighted by Crippen LogP contribution is 2.17. The standard InChI is InChI=1S/C18H18N2O3S/c1-14-4-2-5-15(10-14)13-24(21,22)20-12-16-7-8-17(19-11-16)18-6-3-9-23-18/h2-11,20H,12-13H2,1H3. The van der Waals surface area contributed by atoms with Crippen LogP contribution in [-0.2, 0) is 22.3 Å². The normalized spacial score (nSPS) is 11.5. The van der Waals surface area contributed by atoms with E-state index in [1.165, 1.54) is 0 Å². The summed E-state index contributed by atoms with van der Waals surface area (Å²) in [4.78, 5) is 4.29. The fraction of sp³-hybridized carbons (Fsp3) is 0.167. The fourth-order valence-electron chi connectivity index (χ4n) is 2.36.